The van der Waals surface area contributed by atoms with E-state index >= 15 is 0 Å². The molecule has 0 bridgehead atoms. The van der Waals surface area contributed by atoms with Crippen LogP contribution in [-0.2, 0) is 21.1 Å². The van der Waals surface area contributed by atoms with Crippen molar-refractivity contribution in [3.63, 3.8) is 0 Å². The Hall–Kier alpha value is -1.77. The first-order chi connectivity index (χ1) is 11.5. The topological polar surface area (TPSA) is 77.0 Å². The lowest BCUT2D eigenvalue weighted by Gasteiger charge is -2.31. The number of benzene rings is 2. The summed E-state index contributed by atoms with van der Waals surface area (Å²) in [4.78, 5) is 0. The van der Waals surface area contributed by atoms with Crippen LogP contribution in [0, 0.1) is 0 Å². The Morgan fingerprint density at radius 2 is 1.92 bits per heavy atom. The van der Waals surface area contributed by atoms with Crippen LogP contribution >= 0.6 is 11.6 Å². The van der Waals surface area contributed by atoms with Crippen molar-refractivity contribution in [1.29, 1.82) is 0 Å². The summed E-state index contributed by atoms with van der Waals surface area (Å²) in [5, 5.41) is 6.62. The lowest BCUT2D eigenvalue weighted by Crippen LogP contribution is -2.44. The fourth-order valence-electron chi connectivity index (χ4n) is 2.72. The molecule has 126 valence electrons. The Bertz CT molecular complexity index is 770. The number of nitrogens with one attached hydrogen (secondary N) is 1. The molecule has 1 heterocycles. The fourth-order valence-corrected chi connectivity index (χ4v) is 3.30. The summed E-state index contributed by atoms with van der Waals surface area (Å²) in [6.07, 6.45) is 0. The Morgan fingerprint density at radius 1 is 1.25 bits per heavy atom. The van der Waals surface area contributed by atoms with Crippen LogP contribution in [0.3, 0.4) is 0 Å². The van der Waals surface area contributed by atoms with Gasteiger partial charge < -0.3 is 4.55 Å². The normalized spacial score (nSPS) is 21.6. The van der Waals surface area contributed by atoms with Gasteiger partial charge in [0.2, 0.25) is 0 Å². The maximum absolute atomic E-state index is 11.4. The molecule has 3 rings (SSSR count). The molecule has 1 aliphatic heterocycles. The quantitative estimate of drug-likeness (QED) is 0.823. The van der Waals surface area contributed by atoms with Gasteiger partial charge >= 0.3 is 0 Å². The van der Waals surface area contributed by atoms with Gasteiger partial charge in [0.05, 0.1) is 17.9 Å². The van der Waals surface area contributed by atoms with Gasteiger partial charge in [-0.05, 0) is 17.7 Å². The summed E-state index contributed by atoms with van der Waals surface area (Å²) in [6, 6.07) is 16.2. The molecule has 0 saturated heterocycles. The van der Waals surface area contributed by atoms with Crippen LogP contribution in [0.5, 0.6) is 0 Å². The van der Waals surface area contributed by atoms with E-state index in [0.29, 0.717) is 16.3 Å². The van der Waals surface area contributed by atoms with Gasteiger partial charge in [-0.3, -0.25) is 4.18 Å². The maximum atomic E-state index is 11.4. The van der Waals surface area contributed by atoms with Crippen LogP contribution in [0.25, 0.3) is 0 Å². The summed E-state index contributed by atoms with van der Waals surface area (Å²) in [5.41, 5.74) is 3.58. The molecule has 0 aliphatic carbocycles. The van der Waals surface area contributed by atoms with Crippen LogP contribution in [0.4, 0.5) is 0 Å². The van der Waals surface area contributed by atoms with Crippen LogP contribution in [0.15, 0.2) is 59.7 Å². The SMILES string of the molecule is CNN1CC(OS(=O)[O-])(c2ccccc2)C(c2ccc(Cl)cc2)=N1. The maximum Gasteiger partial charge on any atom is 0.174 e. The molecule has 2 aromatic carbocycles. The van der Waals surface area contributed by atoms with Gasteiger partial charge in [-0.2, -0.15) is 5.10 Å². The monoisotopic (exact) mass is 364 g/mol. The lowest BCUT2D eigenvalue weighted by atomic mass is 9.86. The summed E-state index contributed by atoms with van der Waals surface area (Å²) in [7, 11) is 1.71. The predicted octanol–water partition coefficient (Wildman–Crippen LogP) is 2.20. The van der Waals surface area contributed by atoms with Gasteiger partial charge in [0.15, 0.2) is 5.60 Å². The highest BCUT2D eigenvalue weighted by molar-refractivity contribution is 7.74. The zero-order chi connectivity index (χ0) is 17.2. The van der Waals surface area contributed by atoms with Gasteiger partial charge in [0.1, 0.15) is 5.71 Å². The number of hydrazone groups is 1. The highest BCUT2D eigenvalue weighted by atomic mass is 35.5. The van der Waals surface area contributed by atoms with Crippen molar-refractivity contribution in [3.05, 3.63) is 70.7 Å². The number of halogens is 1. The van der Waals surface area contributed by atoms with Crippen LogP contribution < -0.4 is 5.43 Å². The largest absolute Gasteiger partial charge is 0.750 e. The molecule has 2 unspecified atom stereocenters. The van der Waals surface area contributed by atoms with Crippen molar-refractivity contribution in [3.8, 4) is 0 Å². The van der Waals surface area contributed by atoms with Gasteiger partial charge in [-0.25, -0.2) is 14.8 Å². The molecule has 2 aromatic rings. The zero-order valence-corrected chi connectivity index (χ0v) is 14.4. The second-order valence-corrected chi connectivity index (χ2v) is 6.23. The van der Waals surface area contributed by atoms with Gasteiger partial charge in [-0.15, -0.1) is 0 Å². The molecule has 0 fully saturated rings. The van der Waals surface area contributed by atoms with Crippen molar-refractivity contribution in [2.75, 3.05) is 13.6 Å². The summed E-state index contributed by atoms with van der Waals surface area (Å²) >= 11 is 3.23. The van der Waals surface area contributed by atoms with Crippen LogP contribution in [0.1, 0.15) is 11.1 Å². The highest BCUT2D eigenvalue weighted by Crippen LogP contribution is 2.36. The number of hydrogen-bond acceptors (Lipinski definition) is 6. The Morgan fingerprint density at radius 3 is 2.50 bits per heavy atom. The van der Waals surface area contributed by atoms with E-state index in [1.54, 1.807) is 36.4 Å². The lowest BCUT2D eigenvalue weighted by molar-refractivity contribution is 0.0949. The third-order valence-corrected chi connectivity index (χ3v) is 4.47. The van der Waals surface area contributed by atoms with E-state index in [9.17, 15) is 8.76 Å². The molecule has 2 atom stereocenters. The highest BCUT2D eigenvalue weighted by Gasteiger charge is 2.47. The predicted molar refractivity (Wildman–Crippen MR) is 91.9 cm³/mol. The molecule has 1 N–H and O–H groups in total. The van der Waals surface area contributed by atoms with E-state index in [0.717, 1.165) is 5.56 Å². The zero-order valence-electron chi connectivity index (χ0n) is 12.8. The van der Waals surface area contributed by atoms with E-state index < -0.39 is 17.0 Å². The molecule has 0 amide bonds. The second kappa shape index (κ2) is 7.00. The van der Waals surface area contributed by atoms with Crippen LogP contribution in [-0.4, -0.2) is 33.2 Å². The standard InChI is InChI=1S/C16H16ClN3O3S/c1-18-20-11-16(23-24(21)22,13-5-3-2-4-6-13)15(19-20)12-7-9-14(17)10-8-12/h2-10,18H,11H2,1H3,(H,21,22)/p-1. The van der Waals surface area contributed by atoms with E-state index in [4.69, 9.17) is 15.8 Å². The Labute approximate surface area is 147 Å². The average Bonchev–Trinajstić information content (AvgIpc) is 2.95. The number of nitrogens with zero attached hydrogens (tertiary/aromatic N) is 2. The third kappa shape index (κ3) is 3.22. The number of rotatable bonds is 5. The van der Waals surface area contributed by atoms with Gasteiger partial charge in [0, 0.05) is 17.6 Å². The van der Waals surface area contributed by atoms with Crippen molar-refractivity contribution in [2.45, 2.75) is 5.60 Å². The molecular formula is C16H15ClN3O3S-. The summed E-state index contributed by atoms with van der Waals surface area (Å²) < 4.78 is 28.2. The van der Waals surface area contributed by atoms with E-state index in [2.05, 4.69) is 10.5 Å². The average molecular weight is 365 g/mol. The number of hydrazine groups is 1. The first kappa shape index (κ1) is 17.1. The summed E-state index contributed by atoms with van der Waals surface area (Å²) in [5.74, 6) is 0. The van der Waals surface area contributed by atoms with Crippen molar-refractivity contribution < 1.29 is 12.9 Å². The molecule has 6 nitrogen and oxygen atoms in total. The first-order valence-corrected chi connectivity index (χ1v) is 8.57. The van der Waals surface area contributed by atoms with Gasteiger partial charge in [0.25, 0.3) is 0 Å². The molecular weight excluding hydrogens is 350 g/mol. The molecule has 0 radical (unpaired) electrons. The van der Waals surface area contributed by atoms with E-state index in [1.165, 1.54) is 0 Å². The molecule has 24 heavy (non-hydrogen) atoms. The van der Waals surface area contributed by atoms with Crippen molar-refractivity contribution in [2.24, 2.45) is 5.10 Å². The molecule has 0 saturated carbocycles. The Kier molecular flexibility index (Phi) is 4.98. The van der Waals surface area contributed by atoms with E-state index in [1.807, 2.05) is 30.3 Å². The first-order valence-electron chi connectivity index (χ1n) is 7.19. The molecule has 0 spiro atoms. The molecule has 1 aliphatic rings. The minimum Gasteiger partial charge on any atom is -0.750 e. The van der Waals surface area contributed by atoms with Crippen molar-refractivity contribution >= 4 is 28.7 Å². The smallest absolute Gasteiger partial charge is 0.174 e. The fraction of sp³-hybridized carbons (Fsp3) is 0.188. The van der Waals surface area contributed by atoms with Crippen LogP contribution in [0.2, 0.25) is 5.02 Å². The van der Waals surface area contributed by atoms with Crippen molar-refractivity contribution in [1.82, 2.24) is 10.5 Å². The van der Waals surface area contributed by atoms with E-state index in [-0.39, 0.29) is 6.54 Å². The second-order valence-electron chi connectivity index (χ2n) is 5.22. The van der Waals surface area contributed by atoms with Gasteiger partial charge in [-0.1, -0.05) is 54.1 Å². The Balaban J connectivity index is 2.16. The third-order valence-electron chi connectivity index (χ3n) is 3.80. The summed E-state index contributed by atoms with van der Waals surface area (Å²) in [6.45, 7) is 0.208. The molecule has 8 heteroatoms. The minimum atomic E-state index is -2.72. The minimum absolute atomic E-state index is 0.208. The number of hydrogen-bond donors (Lipinski definition) is 1. The molecule has 0 aromatic heterocycles.